The third-order valence-electron chi connectivity index (χ3n) is 4.39. The van der Waals surface area contributed by atoms with E-state index in [1.807, 2.05) is 42.5 Å². The van der Waals surface area contributed by atoms with Gasteiger partial charge in [-0.3, -0.25) is 4.79 Å². The van der Waals surface area contributed by atoms with E-state index in [-0.39, 0.29) is 5.91 Å². The van der Waals surface area contributed by atoms with E-state index in [0.717, 1.165) is 37.2 Å². The molecule has 0 aromatic heterocycles. The number of benzene rings is 2. The molecular formula is C21H23NO4. The number of amides is 1. The maximum absolute atomic E-state index is 12.2. The Balaban J connectivity index is 1.52. The summed E-state index contributed by atoms with van der Waals surface area (Å²) >= 11 is 0. The fourth-order valence-electron chi connectivity index (χ4n) is 2.89. The minimum atomic E-state index is -0.762. The summed E-state index contributed by atoms with van der Waals surface area (Å²) in [6.07, 6.45) is 1.26. The Bertz CT molecular complexity index is 736. The molecule has 0 aliphatic carbocycles. The number of esters is 1. The number of carbonyl (C=O) groups is 2. The van der Waals surface area contributed by atoms with E-state index in [1.54, 1.807) is 24.0 Å². The van der Waals surface area contributed by atoms with Crippen LogP contribution in [0.2, 0.25) is 0 Å². The second-order valence-corrected chi connectivity index (χ2v) is 6.38. The fourth-order valence-corrected chi connectivity index (χ4v) is 2.89. The Labute approximate surface area is 153 Å². The molecular weight excluding hydrogens is 330 g/mol. The Morgan fingerprint density at radius 1 is 1.00 bits per heavy atom. The van der Waals surface area contributed by atoms with Crippen molar-refractivity contribution in [1.82, 2.24) is 4.90 Å². The molecule has 3 rings (SSSR count). The lowest BCUT2D eigenvalue weighted by Gasteiger charge is -2.20. The summed E-state index contributed by atoms with van der Waals surface area (Å²) in [7, 11) is 0. The van der Waals surface area contributed by atoms with Crippen molar-refractivity contribution in [1.29, 1.82) is 0 Å². The number of para-hydroxylation sites is 1. The second kappa shape index (κ2) is 8.52. The fraction of sp³-hybridized carbons (Fsp3) is 0.333. The van der Waals surface area contributed by atoms with Crippen LogP contribution in [-0.4, -0.2) is 36.0 Å². The van der Waals surface area contributed by atoms with Crippen LogP contribution in [0.15, 0.2) is 54.6 Å². The quantitative estimate of drug-likeness (QED) is 0.747. The van der Waals surface area contributed by atoms with Gasteiger partial charge < -0.3 is 14.4 Å². The van der Waals surface area contributed by atoms with Crippen molar-refractivity contribution in [2.75, 3.05) is 13.1 Å². The zero-order valence-corrected chi connectivity index (χ0v) is 14.9. The summed E-state index contributed by atoms with van der Waals surface area (Å²) in [4.78, 5) is 26.2. The van der Waals surface area contributed by atoms with Gasteiger partial charge in [-0.2, -0.15) is 0 Å². The summed E-state index contributed by atoms with van der Waals surface area (Å²) in [5.74, 6) is 0.189. The largest absolute Gasteiger partial charge is 0.489 e. The summed E-state index contributed by atoms with van der Waals surface area (Å²) in [6.45, 7) is 3.54. The molecule has 5 heteroatoms. The minimum absolute atomic E-state index is 0.122. The number of nitrogens with zero attached hydrogens (tertiary/aromatic N) is 1. The van der Waals surface area contributed by atoms with Crippen LogP contribution in [0, 0.1) is 0 Å². The highest BCUT2D eigenvalue weighted by Gasteiger charge is 2.26. The van der Waals surface area contributed by atoms with E-state index in [4.69, 9.17) is 9.47 Å². The molecule has 5 nitrogen and oxygen atoms in total. The molecule has 1 fully saturated rings. The second-order valence-electron chi connectivity index (χ2n) is 6.38. The van der Waals surface area contributed by atoms with Gasteiger partial charge in [0.2, 0.25) is 0 Å². The molecule has 136 valence electrons. The van der Waals surface area contributed by atoms with Crippen molar-refractivity contribution in [3.05, 3.63) is 65.7 Å². The topological polar surface area (TPSA) is 55.8 Å². The Morgan fingerprint density at radius 3 is 2.31 bits per heavy atom. The summed E-state index contributed by atoms with van der Waals surface area (Å²) in [5.41, 5.74) is 1.38. The van der Waals surface area contributed by atoms with Gasteiger partial charge >= 0.3 is 5.97 Å². The standard InChI is InChI=1S/C21H23NO4/c1-16(20(23)22-13-5-6-14-22)26-21(24)18-11-9-17(10-12-18)15-25-19-7-3-2-4-8-19/h2-4,7-12,16H,5-6,13-15H2,1H3. The molecule has 0 spiro atoms. The number of rotatable bonds is 6. The molecule has 0 saturated carbocycles. The molecule has 1 heterocycles. The molecule has 26 heavy (non-hydrogen) atoms. The Morgan fingerprint density at radius 2 is 1.65 bits per heavy atom. The van der Waals surface area contributed by atoms with Crippen molar-refractivity contribution < 1.29 is 19.1 Å². The van der Waals surface area contributed by atoms with Gasteiger partial charge in [0.05, 0.1) is 5.56 Å². The van der Waals surface area contributed by atoms with Crippen LogP contribution in [0.5, 0.6) is 5.75 Å². The summed E-state index contributed by atoms with van der Waals surface area (Å²) in [5, 5.41) is 0. The van der Waals surface area contributed by atoms with Crippen LogP contribution in [0.1, 0.15) is 35.7 Å². The van der Waals surface area contributed by atoms with E-state index < -0.39 is 12.1 Å². The lowest BCUT2D eigenvalue weighted by molar-refractivity contribution is -0.138. The average Bonchev–Trinajstić information content (AvgIpc) is 3.21. The predicted molar refractivity (Wildman–Crippen MR) is 97.9 cm³/mol. The Kier molecular flexibility index (Phi) is 5.89. The van der Waals surface area contributed by atoms with Crippen LogP contribution in [0.4, 0.5) is 0 Å². The van der Waals surface area contributed by atoms with E-state index in [9.17, 15) is 9.59 Å². The zero-order valence-electron chi connectivity index (χ0n) is 14.9. The van der Waals surface area contributed by atoms with Crippen LogP contribution in [-0.2, 0) is 16.1 Å². The van der Waals surface area contributed by atoms with Crippen molar-refractivity contribution in [3.63, 3.8) is 0 Å². The molecule has 1 aliphatic heterocycles. The number of ether oxygens (including phenoxy) is 2. The normalized spacial score (nSPS) is 14.7. The van der Waals surface area contributed by atoms with Crippen LogP contribution in [0.25, 0.3) is 0 Å². The van der Waals surface area contributed by atoms with E-state index in [2.05, 4.69) is 0 Å². The maximum Gasteiger partial charge on any atom is 0.338 e. The van der Waals surface area contributed by atoms with Crippen molar-refractivity contribution in [3.8, 4) is 5.75 Å². The van der Waals surface area contributed by atoms with Gasteiger partial charge in [0, 0.05) is 13.1 Å². The SMILES string of the molecule is CC(OC(=O)c1ccc(COc2ccccc2)cc1)C(=O)N1CCCC1. The van der Waals surface area contributed by atoms with Crippen molar-refractivity contribution in [2.45, 2.75) is 32.5 Å². The monoisotopic (exact) mass is 353 g/mol. The van der Waals surface area contributed by atoms with Crippen LogP contribution < -0.4 is 4.74 Å². The zero-order chi connectivity index (χ0) is 18.4. The number of carbonyl (C=O) groups excluding carboxylic acids is 2. The third kappa shape index (κ3) is 4.63. The molecule has 1 amide bonds. The highest BCUT2D eigenvalue weighted by Crippen LogP contribution is 2.14. The number of hydrogen-bond donors (Lipinski definition) is 0. The first-order chi connectivity index (χ1) is 12.6. The molecule has 1 atom stereocenters. The van der Waals surface area contributed by atoms with Crippen LogP contribution in [0.3, 0.4) is 0 Å². The molecule has 1 unspecified atom stereocenters. The van der Waals surface area contributed by atoms with Crippen molar-refractivity contribution >= 4 is 11.9 Å². The van der Waals surface area contributed by atoms with Gasteiger partial charge in [-0.1, -0.05) is 30.3 Å². The maximum atomic E-state index is 12.2. The first-order valence-corrected chi connectivity index (χ1v) is 8.90. The highest BCUT2D eigenvalue weighted by molar-refractivity contribution is 5.92. The van der Waals surface area contributed by atoms with E-state index >= 15 is 0 Å². The van der Waals surface area contributed by atoms with Gasteiger partial charge in [-0.05, 0) is 49.6 Å². The molecule has 1 aliphatic rings. The van der Waals surface area contributed by atoms with Crippen molar-refractivity contribution in [2.24, 2.45) is 0 Å². The first-order valence-electron chi connectivity index (χ1n) is 8.90. The molecule has 0 N–H and O–H groups in total. The van der Waals surface area contributed by atoms with Crippen LogP contribution >= 0.6 is 0 Å². The average molecular weight is 353 g/mol. The third-order valence-corrected chi connectivity index (χ3v) is 4.39. The van der Waals surface area contributed by atoms with E-state index in [1.165, 1.54) is 0 Å². The molecule has 2 aromatic carbocycles. The lowest BCUT2D eigenvalue weighted by Crippen LogP contribution is -2.38. The molecule has 1 saturated heterocycles. The molecule has 0 radical (unpaired) electrons. The lowest BCUT2D eigenvalue weighted by atomic mass is 10.1. The Hall–Kier alpha value is -2.82. The molecule has 0 bridgehead atoms. The number of hydrogen-bond acceptors (Lipinski definition) is 4. The minimum Gasteiger partial charge on any atom is -0.489 e. The summed E-state index contributed by atoms with van der Waals surface area (Å²) < 4.78 is 11.0. The van der Waals surface area contributed by atoms with Gasteiger partial charge in [0.15, 0.2) is 6.10 Å². The highest BCUT2D eigenvalue weighted by atomic mass is 16.5. The molecule has 2 aromatic rings. The first kappa shape index (κ1) is 18.0. The summed E-state index contributed by atoms with van der Waals surface area (Å²) in [6, 6.07) is 16.6. The van der Waals surface area contributed by atoms with Gasteiger partial charge in [-0.25, -0.2) is 4.79 Å². The smallest absolute Gasteiger partial charge is 0.338 e. The van der Waals surface area contributed by atoms with E-state index in [0.29, 0.717) is 12.2 Å². The predicted octanol–water partition coefficient (Wildman–Crippen LogP) is 3.43. The van der Waals surface area contributed by atoms with Gasteiger partial charge in [0.1, 0.15) is 12.4 Å². The number of likely N-dealkylation sites (tertiary alicyclic amines) is 1. The van der Waals surface area contributed by atoms with Gasteiger partial charge in [0.25, 0.3) is 5.91 Å². The van der Waals surface area contributed by atoms with Gasteiger partial charge in [-0.15, -0.1) is 0 Å².